The first-order valence-electron chi connectivity index (χ1n) is 9.50. The van der Waals surface area contributed by atoms with Gasteiger partial charge in [-0.3, -0.25) is 0 Å². The molecule has 4 rings (SSSR count). The number of rotatable bonds is 4. The molecule has 0 N–H and O–H groups in total. The first-order chi connectivity index (χ1) is 13.0. The number of aryl methyl sites for hydroxylation is 1. The summed E-state index contributed by atoms with van der Waals surface area (Å²) in [4.78, 5) is 15.3. The van der Waals surface area contributed by atoms with Gasteiger partial charge in [0.1, 0.15) is 5.60 Å². The molecule has 27 heavy (non-hydrogen) atoms. The van der Waals surface area contributed by atoms with Gasteiger partial charge in [0.05, 0.1) is 5.56 Å². The lowest BCUT2D eigenvalue weighted by atomic mass is 9.97. The monoisotopic (exact) mass is 377 g/mol. The first-order valence-corrected chi connectivity index (χ1v) is 10.7. The van der Waals surface area contributed by atoms with Crippen LogP contribution >= 0.6 is 10.5 Å². The molecule has 3 heteroatoms. The van der Waals surface area contributed by atoms with Crippen LogP contribution < -0.4 is 0 Å². The molecular formula is C24H25O2S+. The summed E-state index contributed by atoms with van der Waals surface area (Å²) in [6, 6.07) is 18.7. The van der Waals surface area contributed by atoms with Gasteiger partial charge in [-0.15, -0.1) is 0 Å². The summed E-state index contributed by atoms with van der Waals surface area (Å²) in [7, 11) is -0.0529. The minimum absolute atomic E-state index is 0.0529. The highest BCUT2D eigenvalue weighted by Gasteiger charge is 2.30. The van der Waals surface area contributed by atoms with E-state index in [1.807, 2.05) is 26.0 Å². The van der Waals surface area contributed by atoms with Gasteiger partial charge in [-0.2, -0.15) is 0 Å². The highest BCUT2D eigenvalue weighted by Crippen LogP contribution is 2.43. The van der Waals surface area contributed by atoms with E-state index in [1.54, 1.807) is 0 Å². The van der Waals surface area contributed by atoms with Crippen molar-refractivity contribution >= 4 is 26.5 Å². The van der Waals surface area contributed by atoms with Crippen molar-refractivity contribution in [1.82, 2.24) is 0 Å². The summed E-state index contributed by atoms with van der Waals surface area (Å²) in [5.74, 6) is -0.248. The first kappa shape index (κ1) is 18.0. The number of fused-ring (bicyclic) bond motifs is 1. The maximum Gasteiger partial charge on any atom is 0.338 e. The van der Waals surface area contributed by atoms with Crippen molar-refractivity contribution in [3.8, 4) is 4.90 Å². The van der Waals surface area contributed by atoms with Crippen molar-refractivity contribution in [3.63, 3.8) is 0 Å². The Hall–Kier alpha value is -2.39. The highest BCUT2D eigenvalue weighted by atomic mass is 32.2. The van der Waals surface area contributed by atoms with Gasteiger partial charge in [0, 0.05) is 28.8 Å². The number of esters is 1. The summed E-state index contributed by atoms with van der Waals surface area (Å²) in [6.45, 7) is 6.16. The van der Waals surface area contributed by atoms with Gasteiger partial charge in [0.25, 0.3) is 0 Å². The molecular weight excluding hydrogens is 352 g/mol. The Morgan fingerprint density at radius 2 is 1.81 bits per heavy atom. The third-order valence-corrected chi connectivity index (χ3v) is 7.62. The van der Waals surface area contributed by atoms with E-state index in [2.05, 4.69) is 55.5 Å². The number of ether oxygens (including phenoxy) is 1. The summed E-state index contributed by atoms with van der Waals surface area (Å²) in [5, 5.41) is 1.30. The fraction of sp³-hybridized carbons (Fsp3) is 0.292. The van der Waals surface area contributed by atoms with Gasteiger partial charge in [0.2, 0.25) is 0 Å². The molecule has 0 radical (unpaired) electrons. The molecule has 1 aliphatic rings. The van der Waals surface area contributed by atoms with E-state index in [9.17, 15) is 4.79 Å². The van der Waals surface area contributed by atoms with Crippen LogP contribution in [0, 0.1) is 6.92 Å². The third kappa shape index (κ3) is 3.44. The van der Waals surface area contributed by atoms with Crippen LogP contribution in [0.3, 0.4) is 0 Å². The predicted octanol–water partition coefficient (Wildman–Crippen LogP) is 6.93. The number of hydrogen-bond donors (Lipinski definition) is 0. The second kappa shape index (κ2) is 6.97. The molecule has 1 heterocycles. The predicted molar refractivity (Wildman–Crippen MR) is 114 cm³/mol. The quantitative estimate of drug-likeness (QED) is 0.280. The molecule has 0 saturated carbocycles. The molecule has 1 atom stereocenters. The SMILES string of the molecule is Cc1cc2ccccc2[s+]1-c1ccc(C(=O)OC(C)(C)C2=CCCC2)cc1. The van der Waals surface area contributed by atoms with Crippen LogP contribution in [0.4, 0.5) is 0 Å². The van der Waals surface area contributed by atoms with Crippen LogP contribution in [0.1, 0.15) is 48.3 Å². The van der Waals surface area contributed by atoms with Crippen molar-refractivity contribution in [2.24, 2.45) is 0 Å². The van der Waals surface area contributed by atoms with E-state index in [1.165, 1.54) is 25.4 Å². The van der Waals surface area contributed by atoms with E-state index in [4.69, 9.17) is 4.74 Å². The van der Waals surface area contributed by atoms with Crippen molar-refractivity contribution in [2.45, 2.75) is 45.6 Å². The highest BCUT2D eigenvalue weighted by molar-refractivity contribution is 7.45. The average molecular weight is 378 g/mol. The number of carbonyl (C=O) groups is 1. The van der Waals surface area contributed by atoms with Gasteiger partial charge in [-0.25, -0.2) is 4.79 Å². The Bertz CT molecular complexity index is 1020. The van der Waals surface area contributed by atoms with Gasteiger partial charge < -0.3 is 4.74 Å². The van der Waals surface area contributed by atoms with Crippen LogP contribution in [-0.2, 0) is 4.74 Å². The zero-order chi connectivity index (χ0) is 19.0. The lowest BCUT2D eigenvalue weighted by molar-refractivity contribution is 0.0126. The minimum atomic E-state index is -0.530. The molecule has 2 aromatic carbocycles. The van der Waals surface area contributed by atoms with Crippen molar-refractivity contribution < 1.29 is 9.53 Å². The average Bonchev–Trinajstić information content (AvgIpc) is 3.29. The molecule has 0 amide bonds. The van der Waals surface area contributed by atoms with Gasteiger partial charge in [-0.05, 0) is 75.1 Å². The fourth-order valence-corrected chi connectivity index (χ4v) is 6.05. The maximum atomic E-state index is 12.7. The molecule has 0 saturated heterocycles. The summed E-state index contributed by atoms with van der Waals surface area (Å²) in [6.07, 6.45) is 5.47. The molecule has 2 nitrogen and oxygen atoms in total. The number of carbonyl (C=O) groups excluding carboxylic acids is 1. The van der Waals surface area contributed by atoms with Gasteiger partial charge in [0.15, 0.2) is 14.5 Å². The van der Waals surface area contributed by atoms with E-state index in [0.29, 0.717) is 5.56 Å². The maximum absolute atomic E-state index is 12.7. The molecule has 0 aliphatic heterocycles. The molecule has 0 spiro atoms. The second-order valence-corrected chi connectivity index (χ2v) is 9.81. The Morgan fingerprint density at radius 1 is 1.07 bits per heavy atom. The minimum Gasteiger partial charge on any atom is -0.452 e. The lowest BCUT2D eigenvalue weighted by Crippen LogP contribution is -2.29. The lowest BCUT2D eigenvalue weighted by Gasteiger charge is -2.26. The van der Waals surface area contributed by atoms with Crippen LogP contribution in [0.5, 0.6) is 0 Å². The summed E-state index contributed by atoms with van der Waals surface area (Å²) < 4.78 is 7.19. The third-order valence-electron chi connectivity index (χ3n) is 5.31. The number of thiophene rings is 1. The topological polar surface area (TPSA) is 26.3 Å². The normalized spacial score (nSPS) is 15.1. The molecule has 0 fully saturated rings. The van der Waals surface area contributed by atoms with Crippen LogP contribution in [-0.4, -0.2) is 11.6 Å². The van der Waals surface area contributed by atoms with Crippen LogP contribution in [0.2, 0.25) is 0 Å². The molecule has 1 aliphatic carbocycles. The Labute approximate surface area is 163 Å². The number of hydrogen-bond acceptors (Lipinski definition) is 2. The molecule has 1 aromatic heterocycles. The van der Waals surface area contributed by atoms with Crippen molar-refractivity contribution in [2.75, 3.05) is 0 Å². The number of allylic oxidation sites excluding steroid dienone is 1. The second-order valence-electron chi connectivity index (χ2n) is 7.64. The van der Waals surface area contributed by atoms with Gasteiger partial charge >= 0.3 is 5.97 Å². The zero-order valence-electron chi connectivity index (χ0n) is 16.1. The Morgan fingerprint density at radius 3 is 2.52 bits per heavy atom. The van der Waals surface area contributed by atoms with E-state index >= 15 is 0 Å². The van der Waals surface area contributed by atoms with Crippen LogP contribution in [0.25, 0.3) is 15.0 Å². The summed E-state index contributed by atoms with van der Waals surface area (Å²) >= 11 is 0. The van der Waals surface area contributed by atoms with Crippen molar-refractivity contribution in [1.29, 1.82) is 0 Å². The molecule has 1 unspecified atom stereocenters. The number of benzene rings is 2. The smallest absolute Gasteiger partial charge is 0.338 e. The van der Waals surface area contributed by atoms with Crippen LogP contribution in [0.15, 0.2) is 66.2 Å². The Balaban J connectivity index is 1.58. The zero-order valence-corrected chi connectivity index (χ0v) is 16.9. The summed E-state index contributed by atoms with van der Waals surface area (Å²) in [5.41, 5.74) is 1.32. The fourth-order valence-electron chi connectivity index (χ4n) is 3.85. The van der Waals surface area contributed by atoms with E-state index in [-0.39, 0.29) is 16.4 Å². The van der Waals surface area contributed by atoms with Gasteiger partial charge in [-0.1, -0.05) is 18.2 Å². The Kier molecular flexibility index (Phi) is 4.65. The molecule has 3 aromatic rings. The molecule has 0 bridgehead atoms. The largest absolute Gasteiger partial charge is 0.452 e. The van der Waals surface area contributed by atoms with Crippen molar-refractivity contribution in [3.05, 3.63) is 76.7 Å². The van der Waals surface area contributed by atoms with E-state index in [0.717, 1.165) is 19.3 Å². The molecule has 138 valence electrons. The standard InChI is InChI=1S/C24H25O2S/c1-17-16-19-8-4-7-11-22(19)27(17)21-14-12-18(13-15-21)23(25)26-24(2,3)20-9-5-6-10-20/h4,7-9,11-16H,5-6,10H2,1-3H3/q+1. The van der Waals surface area contributed by atoms with E-state index < -0.39 is 5.60 Å².